The molecule has 0 aromatic carbocycles. The number of hydrogen-bond donors (Lipinski definition) is 0. The van der Waals surface area contributed by atoms with Crippen molar-refractivity contribution < 1.29 is 4.79 Å². The second kappa shape index (κ2) is 4.27. The fourth-order valence-electron chi connectivity index (χ4n) is 1.82. The molecule has 1 aliphatic rings. The predicted molar refractivity (Wildman–Crippen MR) is 49.8 cm³/mol. The van der Waals surface area contributed by atoms with Gasteiger partial charge in [-0.25, -0.2) is 0 Å². The lowest BCUT2D eigenvalue weighted by Crippen LogP contribution is -2.34. The molecule has 3 heteroatoms. The van der Waals surface area contributed by atoms with Crippen LogP contribution in [0.15, 0.2) is 0 Å². The Balaban J connectivity index is 2.52. The molecule has 0 spiro atoms. The van der Waals surface area contributed by atoms with E-state index in [2.05, 4.69) is 19.9 Å². The second-order valence-electron chi connectivity index (χ2n) is 3.71. The Morgan fingerprint density at radius 2 is 2.46 bits per heavy atom. The maximum atomic E-state index is 11.4. The molecule has 1 amide bonds. The van der Waals surface area contributed by atoms with Gasteiger partial charge in [-0.05, 0) is 13.3 Å². The van der Waals surface area contributed by atoms with Gasteiger partial charge in [-0.15, -0.1) is 0 Å². The number of likely N-dealkylation sites (tertiary alicyclic amines) is 1. The van der Waals surface area contributed by atoms with Crippen LogP contribution in [0.1, 0.15) is 33.1 Å². The Kier molecular flexibility index (Phi) is 3.30. The van der Waals surface area contributed by atoms with Crippen molar-refractivity contribution in [2.75, 3.05) is 6.54 Å². The molecule has 1 heterocycles. The zero-order valence-corrected chi connectivity index (χ0v) is 8.29. The normalized spacial score (nSPS) is 24.5. The van der Waals surface area contributed by atoms with Gasteiger partial charge in [-0.3, -0.25) is 4.79 Å². The van der Waals surface area contributed by atoms with Crippen LogP contribution in [0, 0.1) is 17.2 Å². The van der Waals surface area contributed by atoms with Crippen LogP contribution in [0.3, 0.4) is 0 Å². The van der Waals surface area contributed by atoms with Crippen LogP contribution >= 0.6 is 0 Å². The van der Waals surface area contributed by atoms with Crippen LogP contribution in [-0.4, -0.2) is 23.4 Å². The zero-order valence-electron chi connectivity index (χ0n) is 8.29. The highest BCUT2D eigenvalue weighted by Crippen LogP contribution is 2.20. The summed E-state index contributed by atoms with van der Waals surface area (Å²) in [7, 11) is 0. The predicted octanol–water partition coefficient (Wildman–Crippen LogP) is 1.55. The van der Waals surface area contributed by atoms with Gasteiger partial charge in [0.2, 0.25) is 5.91 Å². The summed E-state index contributed by atoms with van der Waals surface area (Å²) in [6, 6.07) is 2.46. The monoisotopic (exact) mass is 180 g/mol. The molecule has 0 aromatic heterocycles. The molecule has 0 radical (unpaired) electrons. The molecule has 0 aromatic rings. The third-order valence-electron chi connectivity index (χ3n) is 2.58. The van der Waals surface area contributed by atoms with Crippen LogP contribution in [0.2, 0.25) is 0 Å². The summed E-state index contributed by atoms with van der Waals surface area (Å²) in [5.41, 5.74) is 0. The number of nitriles is 1. The minimum absolute atomic E-state index is 0.0770. The molecule has 1 saturated heterocycles. The maximum Gasteiger partial charge on any atom is 0.224 e. The van der Waals surface area contributed by atoms with Crippen molar-refractivity contribution in [3.8, 4) is 6.07 Å². The van der Waals surface area contributed by atoms with Gasteiger partial charge >= 0.3 is 0 Å². The highest BCUT2D eigenvalue weighted by molar-refractivity contribution is 5.79. The Morgan fingerprint density at radius 3 is 2.92 bits per heavy atom. The van der Waals surface area contributed by atoms with Gasteiger partial charge in [0.25, 0.3) is 0 Å². The van der Waals surface area contributed by atoms with E-state index < -0.39 is 0 Å². The number of nitrogens with zero attached hydrogens (tertiary/aromatic N) is 2. The van der Waals surface area contributed by atoms with Crippen molar-refractivity contribution in [3.05, 3.63) is 0 Å². The van der Waals surface area contributed by atoms with Gasteiger partial charge in [0.05, 0.1) is 12.0 Å². The first-order valence-electron chi connectivity index (χ1n) is 4.88. The van der Waals surface area contributed by atoms with Crippen molar-refractivity contribution in [3.63, 3.8) is 0 Å². The fourth-order valence-corrected chi connectivity index (χ4v) is 1.82. The van der Waals surface area contributed by atoms with Crippen LogP contribution in [0.5, 0.6) is 0 Å². The lowest BCUT2D eigenvalue weighted by Gasteiger charge is -2.23. The number of amides is 1. The van der Waals surface area contributed by atoms with Gasteiger partial charge in [-0.2, -0.15) is 5.26 Å². The lowest BCUT2D eigenvalue weighted by atomic mass is 10.1. The molecule has 3 nitrogen and oxygen atoms in total. The standard InChI is InChI=1S/C10H16N2O/c1-3-4-8(2)12-7-9(6-11)5-10(12)13/h8-9H,3-5,7H2,1-2H3. The van der Waals surface area contributed by atoms with E-state index in [0.29, 0.717) is 19.0 Å². The topological polar surface area (TPSA) is 44.1 Å². The first kappa shape index (κ1) is 10.0. The summed E-state index contributed by atoms with van der Waals surface area (Å²) < 4.78 is 0. The van der Waals surface area contributed by atoms with E-state index in [4.69, 9.17) is 5.26 Å². The van der Waals surface area contributed by atoms with E-state index in [9.17, 15) is 4.79 Å². The molecule has 0 bridgehead atoms. The lowest BCUT2D eigenvalue weighted by molar-refractivity contribution is -0.129. The molecule has 1 fully saturated rings. The van der Waals surface area contributed by atoms with Crippen molar-refractivity contribution in [1.29, 1.82) is 5.26 Å². The zero-order chi connectivity index (χ0) is 9.84. The van der Waals surface area contributed by atoms with Crippen molar-refractivity contribution in [2.24, 2.45) is 5.92 Å². The van der Waals surface area contributed by atoms with Crippen molar-refractivity contribution in [1.82, 2.24) is 4.90 Å². The van der Waals surface area contributed by atoms with Gasteiger partial charge < -0.3 is 4.90 Å². The molecule has 0 saturated carbocycles. The summed E-state index contributed by atoms with van der Waals surface area (Å²) in [6.45, 7) is 4.80. The molecule has 2 unspecified atom stereocenters. The smallest absolute Gasteiger partial charge is 0.224 e. The van der Waals surface area contributed by atoms with Crippen LogP contribution in [0.25, 0.3) is 0 Å². The molecule has 0 aliphatic carbocycles. The highest BCUT2D eigenvalue weighted by Gasteiger charge is 2.31. The average molecular weight is 180 g/mol. The Bertz CT molecular complexity index is 232. The Hall–Kier alpha value is -1.04. The molecule has 0 N–H and O–H groups in total. The second-order valence-corrected chi connectivity index (χ2v) is 3.71. The third-order valence-corrected chi connectivity index (χ3v) is 2.58. The molecule has 2 atom stereocenters. The molecule has 1 aliphatic heterocycles. The number of rotatable bonds is 3. The first-order valence-corrected chi connectivity index (χ1v) is 4.88. The largest absolute Gasteiger partial charge is 0.339 e. The molecule has 1 rings (SSSR count). The fraction of sp³-hybridized carbons (Fsp3) is 0.800. The van der Waals surface area contributed by atoms with E-state index in [1.165, 1.54) is 0 Å². The van der Waals surface area contributed by atoms with E-state index in [-0.39, 0.29) is 11.8 Å². The van der Waals surface area contributed by atoms with E-state index >= 15 is 0 Å². The van der Waals surface area contributed by atoms with Gasteiger partial charge in [-0.1, -0.05) is 13.3 Å². The Labute approximate surface area is 79.3 Å². The van der Waals surface area contributed by atoms with Gasteiger partial charge in [0.1, 0.15) is 0 Å². The van der Waals surface area contributed by atoms with Gasteiger partial charge in [0.15, 0.2) is 0 Å². The van der Waals surface area contributed by atoms with Gasteiger partial charge in [0, 0.05) is 19.0 Å². The summed E-state index contributed by atoms with van der Waals surface area (Å²) in [5.74, 6) is 0.0688. The molecular formula is C10H16N2O. The van der Waals surface area contributed by atoms with Crippen molar-refractivity contribution >= 4 is 5.91 Å². The molecule has 72 valence electrons. The van der Waals surface area contributed by atoms with E-state index in [0.717, 1.165) is 12.8 Å². The molecule has 13 heavy (non-hydrogen) atoms. The van der Waals surface area contributed by atoms with Crippen LogP contribution in [0.4, 0.5) is 0 Å². The summed E-state index contributed by atoms with van der Waals surface area (Å²) in [6.07, 6.45) is 2.54. The quantitative estimate of drug-likeness (QED) is 0.661. The molecular weight excluding hydrogens is 164 g/mol. The maximum absolute atomic E-state index is 11.4. The van der Waals surface area contributed by atoms with E-state index in [1.54, 1.807) is 0 Å². The third kappa shape index (κ3) is 2.21. The summed E-state index contributed by atoms with van der Waals surface area (Å²) in [5, 5.41) is 8.68. The van der Waals surface area contributed by atoms with Crippen LogP contribution in [-0.2, 0) is 4.79 Å². The SMILES string of the molecule is CCCC(C)N1CC(C#N)CC1=O. The van der Waals surface area contributed by atoms with Crippen LogP contribution < -0.4 is 0 Å². The summed E-state index contributed by atoms with van der Waals surface area (Å²) in [4.78, 5) is 13.3. The number of carbonyl (C=O) groups excluding carboxylic acids is 1. The average Bonchev–Trinajstić information content (AvgIpc) is 2.47. The number of hydrogen-bond acceptors (Lipinski definition) is 2. The highest BCUT2D eigenvalue weighted by atomic mass is 16.2. The van der Waals surface area contributed by atoms with Crippen molar-refractivity contribution in [2.45, 2.75) is 39.2 Å². The minimum Gasteiger partial charge on any atom is -0.339 e. The Morgan fingerprint density at radius 1 is 1.77 bits per heavy atom. The minimum atomic E-state index is -0.0770. The summed E-state index contributed by atoms with van der Waals surface area (Å²) >= 11 is 0. The van der Waals surface area contributed by atoms with E-state index in [1.807, 2.05) is 4.90 Å². The number of carbonyl (C=O) groups is 1. The first-order chi connectivity index (χ1) is 6.19.